The molecule has 0 aliphatic heterocycles. The minimum atomic E-state index is 0.824. The van der Waals surface area contributed by atoms with E-state index in [-0.39, 0.29) is 0 Å². The van der Waals surface area contributed by atoms with Gasteiger partial charge in [0.1, 0.15) is 5.75 Å². The van der Waals surface area contributed by atoms with Crippen LogP contribution in [0.2, 0.25) is 0 Å². The van der Waals surface area contributed by atoms with E-state index in [1.54, 1.807) is 0 Å². The Bertz CT molecular complexity index is 598. The second-order valence-electron chi connectivity index (χ2n) is 6.22. The fourth-order valence-electron chi connectivity index (χ4n) is 2.47. The predicted molar refractivity (Wildman–Crippen MR) is 114 cm³/mol. The van der Waals surface area contributed by atoms with Gasteiger partial charge in [-0.3, -0.25) is 0 Å². The van der Waals surface area contributed by atoms with Crippen molar-refractivity contribution in [3.63, 3.8) is 0 Å². The van der Waals surface area contributed by atoms with E-state index in [2.05, 4.69) is 62.4 Å². The maximum atomic E-state index is 5.94. The van der Waals surface area contributed by atoms with Crippen LogP contribution < -0.4 is 4.74 Å². The van der Waals surface area contributed by atoms with Gasteiger partial charge in [0.05, 0.1) is 6.61 Å². The largest absolute Gasteiger partial charge is 0.494 e. The molecule has 0 aliphatic rings. The van der Waals surface area contributed by atoms with Gasteiger partial charge in [-0.2, -0.15) is 11.8 Å². The molecule has 136 valence electrons. The van der Waals surface area contributed by atoms with E-state index in [1.165, 1.54) is 46.8 Å². The van der Waals surface area contributed by atoms with Gasteiger partial charge in [-0.1, -0.05) is 43.3 Å². The molecule has 0 heterocycles. The van der Waals surface area contributed by atoms with Crippen LogP contribution in [-0.2, 0) is 5.75 Å². The van der Waals surface area contributed by atoms with E-state index in [1.807, 2.05) is 23.5 Å². The van der Waals surface area contributed by atoms with Crippen LogP contribution in [-0.4, -0.2) is 18.1 Å². The van der Waals surface area contributed by atoms with Crippen LogP contribution in [0.5, 0.6) is 5.75 Å². The molecule has 1 nitrogen and oxygen atoms in total. The van der Waals surface area contributed by atoms with Crippen molar-refractivity contribution in [3.05, 3.63) is 59.7 Å². The second kappa shape index (κ2) is 12.3. The quantitative estimate of drug-likeness (QED) is 0.293. The zero-order valence-electron chi connectivity index (χ0n) is 15.5. The average Bonchev–Trinajstić information content (AvgIpc) is 2.65. The van der Waals surface area contributed by atoms with Crippen molar-refractivity contribution in [2.75, 3.05) is 18.1 Å². The SMILES string of the molecule is CCCSc1cc(OCCCCCSCc2ccccc2)ccc1C. The van der Waals surface area contributed by atoms with Gasteiger partial charge in [-0.05, 0) is 67.4 Å². The van der Waals surface area contributed by atoms with Gasteiger partial charge in [0.25, 0.3) is 0 Å². The summed E-state index contributed by atoms with van der Waals surface area (Å²) in [6.07, 6.45) is 4.85. The van der Waals surface area contributed by atoms with Gasteiger partial charge < -0.3 is 4.74 Å². The lowest BCUT2D eigenvalue weighted by Crippen LogP contribution is -1.98. The number of hydrogen-bond acceptors (Lipinski definition) is 3. The van der Waals surface area contributed by atoms with Crippen LogP contribution in [0.4, 0.5) is 0 Å². The van der Waals surface area contributed by atoms with Crippen molar-refractivity contribution >= 4 is 23.5 Å². The number of rotatable bonds is 12. The lowest BCUT2D eigenvalue weighted by molar-refractivity contribution is 0.305. The molecule has 0 atom stereocenters. The molecule has 25 heavy (non-hydrogen) atoms. The van der Waals surface area contributed by atoms with Crippen LogP contribution in [0.3, 0.4) is 0 Å². The molecule has 3 heteroatoms. The molecular formula is C22H30OS2. The Morgan fingerprint density at radius 1 is 0.920 bits per heavy atom. The van der Waals surface area contributed by atoms with Gasteiger partial charge in [-0.15, -0.1) is 11.8 Å². The maximum absolute atomic E-state index is 5.94. The molecule has 0 aromatic heterocycles. The summed E-state index contributed by atoms with van der Waals surface area (Å²) in [6.45, 7) is 5.22. The van der Waals surface area contributed by atoms with Crippen LogP contribution in [0, 0.1) is 6.92 Å². The lowest BCUT2D eigenvalue weighted by atomic mass is 10.2. The first-order valence-electron chi connectivity index (χ1n) is 9.27. The van der Waals surface area contributed by atoms with E-state index in [9.17, 15) is 0 Å². The minimum Gasteiger partial charge on any atom is -0.494 e. The molecule has 2 rings (SSSR count). The van der Waals surface area contributed by atoms with Crippen LogP contribution in [0.25, 0.3) is 0 Å². The smallest absolute Gasteiger partial charge is 0.120 e. The van der Waals surface area contributed by atoms with Crippen molar-refractivity contribution in [3.8, 4) is 5.75 Å². The predicted octanol–water partition coefficient (Wildman–Crippen LogP) is 6.98. The highest BCUT2D eigenvalue weighted by Crippen LogP contribution is 2.27. The topological polar surface area (TPSA) is 9.23 Å². The summed E-state index contributed by atoms with van der Waals surface area (Å²) in [7, 11) is 0. The van der Waals surface area contributed by atoms with Crippen LogP contribution >= 0.6 is 23.5 Å². The third-order valence-corrected chi connectivity index (χ3v) is 6.41. The Morgan fingerprint density at radius 3 is 2.56 bits per heavy atom. The van der Waals surface area contributed by atoms with Crippen molar-refractivity contribution in [2.24, 2.45) is 0 Å². The number of thioether (sulfide) groups is 2. The van der Waals surface area contributed by atoms with E-state index >= 15 is 0 Å². The van der Waals surface area contributed by atoms with Gasteiger partial charge in [-0.25, -0.2) is 0 Å². The summed E-state index contributed by atoms with van der Waals surface area (Å²) in [5.41, 5.74) is 2.77. The van der Waals surface area contributed by atoms with Gasteiger partial charge >= 0.3 is 0 Å². The van der Waals surface area contributed by atoms with Gasteiger partial charge in [0.15, 0.2) is 0 Å². The molecule has 0 saturated heterocycles. The third kappa shape index (κ3) is 8.24. The van der Waals surface area contributed by atoms with E-state index in [4.69, 9.17) is 4.74 Å². The van der Waals surface area contributed by atoms with E-state index < -0.39 is 0 Å². The highest BCUT2D eigenvalue weighted by atomic mass is 32.2. The molecule has 0 radical (unpaired) electrons. The molecular weight excluding hydrogens is 344 g/mol. The summed E-state index contributed by atoms with van der Waals surface area (Å²) < 4.78 is 5.94. The monoisotopic (exact) mass is 374 g/mol. The Labute approximate surface area is 161 Å². The highest BCUT2D eigenvalue weighted by Gasteiger charge is 2.02. The van der Waals surface area contributed by atoms with Gasteiger partial charge in [0, 0.05) is 10.6 Å². The summed E-state index contributed by atoms with van der Waals surface area (Å²) >= 11 is 3.96. The molecule has 0 fully saturated rings. The lowest BCUT2D eigenvalue weighted by Gasteiger charge is -2.10. The summed E-state index contributed by atoms with van der Waals surface area (Å²) in [5, 5.41) is 0. The number of hydrogen-bond donors (Lipinski definition) is 0. The Morgan fingerprint density at radius 2 is 1.76 bits per heavy atom. The minimum absolute atomic E-state index is 0.824. The normalized spacial score (nSPS) is 10.8. The van der Waals surface area contributed by atoms with Gasteiger partial charge in [0.2, 0.25) is 0 Å². The molecule has 0 aliphatic carbocycles. The van der Waals surface area contributed by atoms with Crippen LogP contribution in [0.15, 0.2) is 53.4 Å². The number of ether oxygens (including phenoxy) is 1. The van der Waals surface area contributed by atoms with Crippen molar-refractivity contribution in [1.29, 1.82) is 0 Å². The zero-order valence-corrected chi connectivity index (χ0v) is 17.1. The molecule has 2 aromatic rings. The number of unbranched alkanes of at least 4 members (excludes halogenated alkanes) is 2. The highest BCUT2D eigenvalue weighted by molar-refractivity contribution is 7.99. The third-order valence-electron chi connectivity index (χ3n) is 3.93. The average molecular weight is 375 g/mol. The Hall–Kier alpha value is -1.06. The molecule has 0 bridgehead atoms. The molecule has 2 aromatic carbocycles. The Kier molecular flexibility index (Phi) is 9.98. The molecule has 0 N–H and O–H groups in total. The summed E-state index contributed by atoms with van der Waals surface area (Å²) in [6, 6.07) is 17.2. The first-order chi connectivity index (χ1) is 12.3. The molecule has 0 spiro atoms. The maximum Gasteiger partial charge on any atom is 0.120 e. The molecule has 0 amide bonds. The van der Waals surface area contributed by atoms with E-state index in [0.29, 0.717) is 0 Å². The molecule has 0 unspecified atom stereocenters. The standard InChI is InChI=1S/C22H30OS2/c1-3-15-25-22-17-21(13-12-19(22)2)23-14-8-5-9-16-24-18-20-10-6-4-7-11-20/h4,6-7,10-13,17H,3,5,8-9,14-16,18H2,1-2H3. The first-order valence-corrected chi connectivity index (χ1v) is 11.4. The molecule has 0 saturated carbocycles. The van der Waals surface area contributed by atoms with Crippen LogP contribution in [0.1, 0.15) is 43.7 Å². The number of benzene rings is 2. The Balaban J connectivity index is 1.55. The fourth-order valence-corrected chi connectivity index (χ4v) is 4.37. The number of aryl methyl sites for hydroxylation is 1. The summed E-state index contributed by atoms with van der Waals surface area (Å²) in [4.78, 5) is 1.36. The van der Waals surface area contributed by atoms with Crippen molar-refractivity contribution in [1.82, 2.24) is 0 Å². The first kappa shape index (κ1) is 20.3. The second-order valence-corrected chi connectivity index (χ2v) is 8.46. The van der Waals surface area contributed by atoms with Crippen molar-refractivity contribution < 1.29 is 4.74 Å². The zero-order chi connectivity index (χ0) is 17.7. The fraction of sp³-hybridized carbons (Fsp3) is 0.455. The van der Waals surface area contributed by atoms with Crippen molar-refractivity contribution in [2.45, 2.75) is 50.2 Å². The summed E-state index contributed by atoms with van der Waals surface area (Å²) in [5.74, 6) is 4.55. The van der Waals surface area contributed by atoms with E-state index in [0.717, 1.165) is 24.5 Å².